The second-order valence-corrected chi connectivity index (χ2v) is 4.38. The summed E-state index contributed by atoms with van der Waals surface area (Å²) in [5, 5.41) is 0.384. The van der Waals surface area contributed by atoms with Crippen molar-refractivity contribution in [2.45, 2.75) is 26.9 Å². The van der Waals surface area contributed by atoms with Crippen LogP contribution in [0.1, 0.15) is 31.1 Å². The molecule has 1 aromatic carbocycles. The van der Waals surface area contributed by atoms with Gasteiger partial charge in [0.25, 0.3) is 0 Å². The molecule has 3 nitrogen and oxygen atoms in total. The van der Waals surface area contributed by atoms with Crippen LogP contribution in [0.4, 0.5) is 0 Å². The highest BCUT2D eigenvalue weighted by molar-refractivity contribution is 6.44. The van der Waals surface area contributed by atoms with Crippen LogP contribution < -0.4 is 4.74 Å². The normalized spacial score (nSPS) is 10.5. The zero-order valence-corrected chi connectivity index (χ0v) is 11.4. The summed E-state index contributed by atoms with van der Waals surface area (Å²) in [6, 6.07) is 3.16. The first-order chi connectivity index (χ1) is 7.97. The van der Waals surface area contributed by atoms with Crippen LogP contribution in [0.2, 0.25) is 10.0 Å². The molecule has 0 saturated carbocycles. The van der Waals surface area contributed by atoms with Crippen molar-refractivity contribution in [2.75, 3.05) is 6.61 Å². The predicted molar refractivity (Wildman–Crippen MR) is 68.2 cm³/mol. The molecule has 0 spiro atoms. The largest absolute Gasteiger partial charge is 0.489 e. The molecule has 0 saturated heterocycles. The van der Waals surface area contributed by atoms with Crippen LogP contribution in [0.25, 0.3) is 0 Å². The van der Waals surface area contributed by atoms with Gasteiger partial charge in [-0.25, -0.2) is 4.79 Å². The minimum absolute atomic E-state index is 0.0167. The molecule has 1 rings (SSSR count). The molecule has 0 radical (unpaired) electrons. The Kier molecular flexibility index (Phi) is 5.09. The summed E-state index contributed by atoms with van der Waals surface area (Å²) >= 11 is 12.0. The highest BCUT2D eigenvalue weighted by atomic mass is 35.5. The van der Waals surface area contributed by atoms with Crippen LogP contribution in [0.15, 0.2) is 12.1 Å². The van der Waals surface area contributed by atoms with Crippen LogP contribution >= 0.6 is 23.2 Å². The topological polar surface area (TPSA) is 35.5 Å². The molecule has 0 aromatic heterocycles. The van der Waals surface area contributed by atoms with Gasteiger partial charge in [-0.1, -0.05) is 23.2 Å². The van der Waals surface area contributed by atoms with Crippen molar-refractivity contribution in [1.29, 1.82) is 0 Å². The number of ether oxygens (including phenoxy) is 2. The van der Waals surface area contributed by atoms with Gasteiger partial charge in [0.15, 0.2) is 0 Å². The molecule has 0 aliphatic heterocycles. The number of carbonyl (C=O) groups excluding carboxylic acids is 1. The molecule has 0 fully saturated rings. The standard InChI is InChI=1S/C12H14Cl2O3/c1-4-16-12(15)8-5-6-9(17-7(2)3)11(14)10(8)13/h5-7H,4H2,1-3H3. The van der Waals surface area contributed by atoms with E-state index in [1.807, 2.05) is 13.8 Å². The molecule has 17 heavy (non-hydrogen) atoms. The molecule has 0 bridgehead atoms. The zero-order valence-electron chi connectivity index (χ0n) is 9.92. The van der Waals surface area contributed by atoms with Gasteiger partial charge >= 0.3 is 5.97 Å². The average Bonchev–Trinajstić information content (AvgIpc) is 2.24. The van der Waals surface area contributed by atoms with E-state index in [1.54, 1.807) is 19.1 Å². The van der Waals surface area contributed by atoms with E-state index in [0.29, 0.717) is 5.75 Å². The second-order valence-electron chi connectivity index (χ2n) is 3.63. The highest BCUT2D eigenvalue weighted by Crippen LogP contribution is 2.35. The lowest BCUT2D eigenvalue weighted by Gasteiger charge is -2.13. The third-order valence-electron chi connectivity index (χ3n) is 1.90. The first-order valence-electron chi connectivity index (χ1n) is 5.29. The van der Waals surface area contributed by atoms with E-state index in [1.165, 1.54) is 0 Å². The minimum Gasteiger partial charge on any atom is -0.489 e. The maximum Gasteiger partial charge on any atom is 0.339 e. The number of hydrogen-bond donors (Lipinski definition) is 0. The van der Waals surface area contributed by atoms with Crippen LogP contribution in [0.5, 0.6) is 5.75 Å². The molecule has 0 heterocycles. The van der Waals surface area contributed by atoms with Crippen molar-refractivity contribution < 1.29 is 14.3 Å². The lowest BCUT2D eigenvalue weighted by atomic mass is 10.2. The van der Waals surface area contributed by atoms with E-state index < -0.39 is 5.97 Å². The quantitative estimate of drug-likeness (QED) is 0.781. The molecular formula is C12H14Cl2O3. The fourth-order valence-electron chi connectivity index (χ4n) is 1.24. The molecule has 94 valence electrons. The van der Waals surface area contributed by atoms with E-state index in [0.717, 1.165) is 0 Å². The van der Waals surface area contributed by atoms with E-state index in [9.17, 15) is 4.79 Å². The summed E-state index contributed by atoms with van der Waals surface area (Å²) in [4.78, 5) is 11.5. The van der Waals surface area contributed by atoms with Gasteiger partial charge in [0.2, 0.25) is 0 Å². The van der Waals surface area contributed by atoms with Crippen LogP contribution in [-0.2, 0) is 4.74 Å². The van der Waals surface area contributed by atoms with Crippen LogP contribution in [0.3, 0.4) is 0 Å². The Morgan fingerprint density at radius 2 is 1.94 bits per heavy atom. The summed E-state index contributed by atoms with van der Waals surface area (Å²) in [7, 11) is 0. The molecule has 1 aromatic rings. The number of carbonyl (C=O) groups is 1. The van der Waals surface area contributed by atoms with E-state index in [4.69, 9.17) is 32.7 Å². The molecule has 0 aliphatic carbocycles. The third-order valence-corrected chi connectivity index (χ3v) is 2.77. The fourth-order valence-corrected chi connectivity index (χ4v) is 1.69. The van der Waals surface area contributed by atoms with Gasteiger partial charge in [-0.15, -0.1) is 0 Å². The van der Waals surface area contributed by atoms with Crippen molar-refractivity contribution >= 4 is 29.2 Å². The van der Waals surface area contributed by atoms with Gasteiger partial charge in [0.05, 0.1) is 23.3 Å². The minimum atomic E-state index is -0.490. The lowest BCUT2D eigenvalue weighted by molar-refractivity contribution is 0.0526. The van der Waals surface area contributed by atoms with Gasteiger partial charge in [0, 0.05) is 0 Å². The molecule has 5 heteroatoms. The first kappa shape index (κ1) is 14.1. The molecule has 0 N–H and O–H groups in total. The lowest BCUT2D eigenvalue weighted by Crippen LogP contribution is -2.08. The van der Waals surface area contributed by atoms with E-state index >= 15 is 0 Å². The molecule has 0 atom stereocenters. The molecule has 0 aliphatic rings. The Balaban J connectivity index is 3.06. The predicted octanol–water partition coefficient (Wildman–Crippen LogP) is 3.96. The van der Waals surface area contributed by atoms with Crippen molar-refractivity contribution in [2.24, 2.45) is 0 Å². The number of benzene rings is 1. The maximum absolute atomic E-state index is 11.5. The maximum atomic E-state index is 11.5. The smallest absolute Gasteiger partial charge is 0.339 e. The van der Waals surface area contributed by atoms with Crippen molar-refractivity contribution in [3.8, 4) is 5.75 Å². The summed E-state index contributed by atoms with van der Waals surface area (Å²) < 4.78 is 10.3. The summed E-state index contributed by atoms with van der Waals surface area (Å²) in [6.45, 7) is 5.77. The summed E-state index contributed by atoms with van der Waals surface area (Å²) in [6.07, 6.45) is -0.0167. The number of rotatable bonds is 4. The van der Waals surface area contributed by atoms with Gasteiger partial charge in [-0.3, -0.25) is 0 Å². The fraction of sp³-hybridized carbons (Fsp3) is 0.417. The molecule has 0 unspecified atom stereocenters. The zero-order chi connectivity index (χ0) is 13.0. The summed E-state index contributed by atoms with van der Waals surface area (Å²) in [5.41, 5.74) is 0.245. The Hall–Kier alpha value is -0.930. The van der Waals surface area contributed by atoms with Crippen molar-refractivity contribution in [3.63, 3.8) is 0 Å². The number of esters is 1. The summed E-state index contributed by atoms with van der Waals surface area (Å²) in [5.74, 6) is -0.0322. The molecule has 0 amide bonds. The van der Waals surface area contributed by atoms with E-state index in [2.05, 4.69) is 0 Å². The Bertz CT molecular complexity index is 416. The Morgan fingerprint density at radius 3 is 2.47 bits per heavy atom. The molecular weight excluding hydrogens is 263 g/mol. The van der Waals surface area contributed by atoms with Crippen LogP contribution in [0, 0.1) is 0 Å². The van der Waals surface area contributed by atoms with Crippen LogP contribution in [-0.4, -0.2) is 18.7 Å². The van der Waals surface area contributed by atoms with E-state index in [-0.39, 0.29) is 28.3 Å². The average molecular weight is 277 g/mol. The highest BCUT2D eigenvalue weighted by Gasteiger charge is 2.17. The third kappa shape index (κ3) is 3.51. The number of hydrogen-bond acceptors (Lipinski definition) is 3. The Labute approximate surface area is 111 Å². The van der Waals surface area contributed by atoms with Gasteiger partial charge in [0.1, 0.15) is 10.8 Å². The van der Waals surface area contributed by atoms with Crippen molar-refractivity contribution in [1.82, 2.24) is 0 Å². The van der Waals surface area contributed by atoms with Gasteiger partial charge in [-0.05, 0) is 32.9 Å². The monoisotopic (exact) mass is 276 g/mol. The van der Waals surface area contributed by atoms with Gasteiger partial charge in [-0.2, -0.15) is 0 Å². The number of halogens is 2. The Morgan fingerprint density at radius 1 is 1.29 bits per heavy atom. The SMILES string of the molecule is CCOC(=O)c1ccc(OC(C)C)c(Cl)c1Cl. The van der Waals surface area contributed by atoms with Crippen molar-refractivity contribution in [3.05, 3.63) is 27.7 Å². The van der Waals surface area contributed by atoms with Gasteiger partial charge < -0.3 is 9.47 Å². The first-order valence-corrected chi connectivity index (χ1v) is 6.04. The second kappa shape index (κ2) is 6.12.